The molecule has 27 heavy (non-hydrogen) atoms. The monoisotopic (exact) mass is 383 g/mol. The maximum Gasteiger partial charge on any atom is 0.243 e. The van der Waals surface area contributed by atoms with E-state index >= 15 is 0 Å². The standard InChI is InChI=1S/C20H21N3O3S/c21-14-16-9-11-17(12-10-16)15-22-20(24)19-8-4-5-13-23(19)27(25,26)18-6-2-1-3-7-18/h1-3,6-7,9-12,19H,4-5,8,13,15H2,(H,22,24). The zero-order valence-electron chi connectivity index (χ0n) is 14.8. The van der Waals surface area contributed by atoms with Crippen LogP contribution in [0.1, 0.15) is 30.4 Å². The number of nitrogens with zero attached hydrogens (tertiary/aromatic N) is 2. The first-order chi connectivity index (χ1) is 13.0. The lowest BCUT2D eigenvalue weighted by Crippen LogP contribution is -2.51. The molecule has 0 aliphatic carbocycles. The number of piperidine rings is 1. The van der Waals surface area contributed by atoms with Gasteiger partial charge in [-0.3, -0.25) is 4.79 Å². The molecule has 1 fully saturated rings. The highest BCUT2D eigenvalue weighted by molar-refractivity contribution is 7.89. The van der Waals surface area contributed by atoms with E-state index < -0.39 is 16.1 Å². The Labute approximate surface area is 159 Å². The molecule has 2 aromatic carbocycles. The molecule has 0 radical (unpaired) electrons. The predicted octanol–water partition coefficient (Wildman–Crippen LogP) is 2.42. The first-order valence-corrected chi connectivity index (χ1v) is 10.3. The van der Waals surface area contributed by atoms with Crippen LogP contribution >= 0.6 is 0 Å². The van der Waals surface area contributed by atoms with E-state index in [9.17, 15) is 13.2 Å². The average Bonchev–Trinajstić information content (AvgIpc) is 2.73. The van der Waals surface area contributed by atoms with E-state index in [0.717, 1.165) is 18.4 Å². The van der Waals surface area contributed by atoms with Crippen LogP contribution in [0.2, 0.25) is 0 Å². The van der Waals surface area contributed by atoms with Gasteiger partial charge >= 0.3 is 0 Å². The fourth-order valence-corrected chi connectivity index (χ4v) is 4.86. The number of carbonyl (C=O) groups excluding carboxylic acids is 1. The molecular formula is C20H21N3O3S. The smallest absolute Gasteiger partial charge is 0.243 e. The van der Waals surface area contributed by atoms with Crippen molar-refractivity contribution in [3.63, 3.8) is 0 Å². The van der Waals surface area contributed by atoms with E-state index in [4.69, 9.17) is 5.26 Å². The van der Waals surface area contributed by atoms with E-state index in [1.54, 1.807) is 54.6 Å². The second-order valence-electron chi connectivity index (χ2n) is 6.47. The molecule has 1 amide bonds. The molecule has 1 heterocycles. The van der Waals surface area contributed by atoms with Crippen molar-refractivity contribution in [1.82, 2.24) is 9.62 Å². The number of carbonyl (C=O) groups is 1. The van der Waals surface area contributed by atoms with E-state index in [0.29, 0.717) is 25.1 Å². The molecule has 1 saturated heterocycles. The molecule has 0 saturated carbocycles. The van der Waals surface area contributed by atoms with Gasteiger partial charge in [-0.25, -0.2) is 8.42 Å². The SMILES string of the molecule is N#Cc1ccc(CNC(=O)C2CCCCN2S(=O)(=O)c2ccccc2)cc1. The molecule has 0 bridgehead atoms. The third kappa shape index (κ3) is 4.35. The molecule has 2 aromatic rings. The van der Waals surface area contributed by atoms with E-state index in [1.807, 2.05) is 6.07 Å². The topological polar surface area (TPSA) is 90.3 Å². The largest absolute Gasteiger partial charge is 0.351 e. The van der Waals surface area contributed by atoms with Gasteiger partial charge in [0.2, 0.25) is 15.9 Å². The molecule has 1 aliphatic heterocycles. The molecule has 1 unspecified atom stereocenters. The summed E-state index contributed by atoms with van der Waals surface area (Å²) in [6.45, 7) is 0.631. The molecule has 1 atom stereocenters. The van der Waals surface area contributed by atoms with Crippen LogP contribution in [-0.4, -0.2) is 31.2 Å². The molecule has 0 aromatic heterocycles. The van der Waals surface area contributed by atoms with Crippen LogP contribution in [0.5, 0.6) is 0 Å². The Morgan fingerprint density at radius 2 is 1.81 bits per heavy atom. The van der Waals surface area contributed by atoms with E-state index in [-0.39, 0.29) is 10.8 Å². The molecule has 3 rings (SSSR count). The van der Waals surface area contributed by atoms with Crippen molar-refractivity contribution < 1.29 is 13.2 Å². The Balaban J connectivity index is 1.72. The van der Waals surface area contributed by atoms with Crippen molar-refractivity contribution in [2.75, 3.05) is 6.54 Å². The fourth-order valence-electron chi connectivity index (χ4n) is 3.19. The number of nitrogens with one attached hydrogen (secondary N) is 1. The van der Waals surface area contributed by atoms with Gasteiger partial charge in [0, 0.05) is 13.1 Å². The van der Waals surface area contributed by atoms with Crippen LogP contribution in [0.15, 0.2) is 59.5 Å². The molecule has 6 nitrogen and oxygen atoms in total. The van der Waals surface area contributed by atoms with E-state index in [1.165, 1.54) is 4.31 Å². The Kier molecular flexibility index (Phi) is 5.89. The Morgan fingerprint density at radius 1 is 1.11 bits per heavy atom. The summed E-state index contributed by atoms with van der Waals surface area (Å²) in [6, 6.07) is 16.5. The maximum atomic E-state index is 13.0. The Hall–Kier alpha value is -2.69. The number of rotatable bonds is 5. The fraction of sp³-hybridized carbons (Fsp3) is 0.300. The predicted molar refractivity (Wildman–Crippen MR) is 101 cm³/mol. The van der Waals surface area contributed by atoms with Crippen LogP contribution < -0.4 is 5.32 Å². The normalized spacial score (nSPS) is 17.8. The zero-order chi connectivity index (χ0) is 19.3. The summed E-state index contributed by atoms with van der Waals surface area (Å²) in [4.78, 5) is 12.9. The number of sulfonamides is 1. The van der Waals surface area contributed by atoms with Gasteiger partial charge in [0.1, 0.15) is 6.04 Å². The van der Waals surface area contributed by atoms with Gasteiger partial charge in [-0.05, 0) is 42.7 Å². The minimum atomic E-state index is -3.71. The maximum absolute atomic E-state index is 13.0. The zero-order valence-corrected chi connectivity index (χ0v) is 15.7. The number of hydrogen-bond acceptors (Lipinski definition) is 4. The minimum Gasteiger partial charge on any atom is -0.351 e. The lowest BCUT2D eigenvalue weighted by molar-refractivity contribution is -0.125. The van der Waals surface area contributed by atoms with Crippen LogP contribution in [0.3, 0.4) is 0 Å². The average molecular weight is 383 g/mol. The summed E-state index contributed by atoms with van der Waals surface area (Å²) in [7, 11) is -3.71. The summed E-state index contributed by atoms with van der Waals surface area (Å²) in [5.41, 5.74) is 1.41. The van der Waals surface area contributed by atoms with Crippen molar-refractivity contribution in [3.05, 3.63) is 65.7 Å². The first kappa shape index (κ1) is 19.1. The van der Waals surface area contributed by atoms with Crippen molar-refractivity contribution in [3.8, 4) is 6.07 Å². The second kappa shape index (κ2) is 8.33. The van der Waals surface area contributed by atoms with Gasteiger partial charge in [-0.15, -0.1) is 0 Å². The molecule has 0 spiro atoms. The molecule has 7 heteroatoms. The van der Waals surface area contributed by atoms with Crippen LogP contribution in [0, 0.1) is 11.3 Å². The summed E-state index contributed by atoms with van der Waals surface area (Å²) in [5.74, 6) is -0.293. The molecule has 1 N–H and O–H groups in total. The van der Waals surface area contributed by atoms with Crippen molar-refractivity contribution >= 4 is 15.9 Å². The van der Waals surface area contributed by atoms with Crippen molar-refractivity contribution in [1.29, 1.82) is 5.26 Å². The van der Waals surface area contributed by atoms with Gasteiger partial charge in [0.15, 0.2) is 0 Å². The van der Waals surface area contributed by atoms with Gasteiger partial charge in [-0.1, -0.05) is 36.8 Å². The number of benzene rings is 2. The highest BCUT2D eigenvalue weighted by Crippen LogP contribution is 2.25. The van der Waals surface area contributed by atoms with Gasteiger partial charge in [0.05, 0.1) is 16.5 Å². The molecule has 140 valence electrons. The minimum absolute atomic E-state index is 0.205. The summed E-state index contributed by atoms with van der Waals surface area (Å²) in [5, 5.41) is 11.7. The Morgan fingerprint density at radius 3 is 2.48 bits per heavy atom. The third-order valence-electron chi connectivity index (χ3n) is 4.66. The summed E-state index contributed by atoms with van der Waals surface area (Å²) in [6.07, 6.45) is 2.06. The van der Waals surface area contributed by atoms with Crippen LogP contribution in [0.4, 0.5) is 0 Å². The van der Waals surface area contributed by atoms with Gasteiger partial charge in [0.25, 0.3) is 0 Å². The van der Waals surface area contributed by atoms with E-state index in [2.05, 4.69) is 5.32 Å². The van der Waals surface area contributed by atoms with Crippen molar-refractivity contribution in [2.24, 2.45) is 0 Å². The number of nitriles is 1. The van der Waals surface area contributed by atoms with Crippen LogP contribution in [0.25, 0.3) is 0 Å². The number of hydrogen-bond donors (Lipinski definition) is 1. The van der Waals surface area contributed by atoms with Gasteiger partial charge < -0.3 is 5.32 Å². The second-order valence-corrected chi connectivity index (χ2v) is 8.36. The lowest BCUT2D eigenvalue weighted by Gasteiger charge is -2.33. The summed E-state index contributed by atoms with van der Waals surface area (Å²) >= 11 is 0. The first-order valence-electron chi connectivity index (χ1n) is 8.86. The van der Waals surface area contributed by atoms with Gasteiger partial charge in [-0.2, -0.15) is 9.57 Å². The molecule has 1 aliphatic rings. The highest BCUT2D eigenvalue weighted by atomic mass is 32.2. The van der Waals surface area contributed by atoms with Crippen molar-refractivity contribution in [2.45, 2.75) is 36.7 Å². The summed E-state index contributed by atoms with van der Waals surface area (Å²) < 4.78 is 27.2. The molecular weight excluding hydrogens is 362 g/mol. The lowest BCUT2D eigenvalue weighted by atomic mass is 10.0. The quantitative estimate of drug-likeness (QED) is 0.858. The Bertz CT molecular complexity index is 935. The number of amides is 1. The van der Waals surface area contributed by atoms with Crippen LogP contribution in [-0.2, 0) is 21.4 Å². The highest BCUT2D eigenvalue weighted by Gasteiger charge is 2.37. The third-order valence-corrected chi connectivity index (χ3v) is 6.58.